The molecule has 0 aliphatic carbocycles. The molecule has 28 heavy (non-hydrogen) atoms. The van der Waals surface area contributed by atoms with Crippen molar-refractivity contribution >= 4 is 17.3 Å². The van der Waals surface area contributed by atoms with E-state index in [0.717, 1.165) is 36.6 Å². The molecular formula is C23H29ClN2O2. The van der Waals surface area contributed by atoms with Crippen LogP contribution < -0.4 is 5.32 Å². The van der Waals surface area contributed by atoms with Gasteiger partial charge in [0.15, 0.2) is 0 Å². The zero-order valence-electron chi connectivity index (χ0n) is 16.4. The van der Waals surface area contributed by atoms with Gasteiger partial charge in [-0.1, -0.05) is 48.9 Å². The zero-order chi connectivity index (χ0) is 19.5. The predicted octanol–water partition coefficient (Wildman–Crippen LogP) is 4.66. The van der Waals surface area contributed by atoms with Crippen molar-refractivity contribution < 1.29 is 9.84 Å². The molecule has 1 saturated heterocycles. The van der Waals surface area contributed by atoms with Crippen molar-refractivity contribution in [2.45, 2.75) is 38.0 Å². The van der Waals surface area contributed by atoms with Crippen molar-refractivity contribution in [3.63, 3.8) is 0 Å². The number of aliphatic hydroxyl groups excluding tert-OH is 1. The normalized spacial score (nSPS) is 26.4. The van der Waals surface area contributed by atoms with Crippen LogP contribution in [0.2, 0.25) is 5.02 Å². The first-order chi connectivity index (χ1) is 13.7. The van der Waals surface area contributed by atoms with Crippen LogP contribution in [-0.2, 0) is 4.74 Å². The molecule has 2 heterocycles. The van der Waals surface area contributed by atoms with Crippen molar-refractivity contribution in [2.24, 2.45) is 5.92 Å². The third kappa shape index (κ3) is 4.06. The summed E-state index contributed by atoms with van der Waals surface area (Å²) in [6.45, 7) is 4.79. The number of fused-ring (bicyclic) bond motifs is 3. The van der Waals surface area contributed by atoms with E-state index in [1.807, 2.05) is 6.07 Å². The van der Waals surface area contributed by atoms with Gasteiger partial charge in [-0.3, -0.25) is 4.90 Å². The van der Waals surface area contributed by atoms with E-state index in [2.05, 4.69) is 59.6 Å². The van der Waals surface area contributed by atoms with E-state index >= 15 is 0 Å². The molecular weight excluding hydrogens is 372 g/mol. The minimum Gasteiger partial charge on any atom is -0.395 e. The number of hydrogen-bond acceptors (Lipinski definition) is 4. The van der Waals surface area contributed by atoms with Gasteiger partial charge in [-0.15, -0.1) is 0 Å². The summed E-state index contributed by atoms with van der Waals surface area (Å²) in [7, 11) is 0. The number of ether oxygens (including phenoxy) is 1. The van der Waals surface area contributed by atoms with Gasteiger partial charge in [-0.2, -0.15) is 0 Å². The summed E-state index contributed by atoms with van der Waals surface area (Å²) in [5.74, 6) is 0.373. The number of nitrogens with zero attached hydrogens (tertiary/aromatic N) is 1. The predicted molar refractivity (Wildman–Crippen MR) is 114 cm³/mol. The molecule has 1 fully saturated rings. The van der Waals surface area contributed by atoms with E-state index in [1.54, 1.807) is 0 Å². The lowest BCUT2D eigenvalue weighted by Crippen LogP contribution is -2.43. The highest BCUT2D eigenvalue weighted by molar-refractivity contribution is 6.30. The topological polar surface area (TPSA) is 44.7 Å². The molecule has 0 unspecified atom stereocenters. The number of nitrogens with one attached hydrogen (secondary N) is 1. The molecule has 4 nitrogen and oxygen atoms in total. The quantitative estimate of drug-likeness (QED) is 0.740. The molecule has 2 aromatic carbocycles. The number of halogens is 1. The monoisotopic (exact) mass is 400 g/mol. The van der Waals surface area contributed by atoms with Crippen molar-refractivity contribution in [1.82, 2.24) is 4.90 Å². The van der Waals surface area contributed by atoms with Gasteiger partial charge >= 0.3 is 0 Å². The molecule has 2 N–H and O–H groups in total. The number of rotatable bonds is 6. The SMILES string of the molecule is CCN(CCO)C[C@H]1CC[C@@H]2[C@H](O1)c1cc(Cl)ccc1N[C@H]2c1ccccc1. The van der Waals surface area contributed by atoms with E-state index in [9.17, 15) is 5.11 Å². The second-order valence-corrected chi connectivity index (χ2v) is 8.24. The molecule has 5 heteroatoms. The lowest BCUT2D eigenvalue weighted by molar-refractivity contribution is -0.103. The summed E-state index contributed by atoms with van der Waals surface area (Å²) in [5.41, 5.74) is 3.58. The molecule has 0 amide bonds. The van der Waals surface area contributed by atoms with Crippen molar-refractivity contribution in [3.05, 3.63) is 64.7 Å². The van der Waals surface area contributed by atoms with Gasteiger partial charge in [0, 0.05) is 35.3 Å². The minimum absolute atomic E-state index is 0.0340. The molecule has 0 aromatic heterocycles. The third-order valence-electron chi connectivity index (χ3n) is 6.09. The minimum atomic E-state index is 0.0340. The van der Waals surface area contributed by atoms with Gasteiger partial charge in [0.25, 0.3) is 0 Å². The average molecular weight is 401 g/mol. The van der Waals surface area contributed by atoms with Crippen LogP contribution >= 0.6 is 11.6 Å². The number of anilines is 1. The van der Waals surface area contributed by atoms with E-state index < -0.39 is 0 Å². The lowest BCUT2D eigenvalue weighted by Gasteiger charge is -2.46. The largest absolute Gasteiger partial charge is 0.395 e. The Morgan fingerprint density at radius 3 is 2.75 bits per heavy atom. The number of likely N-dealkylation sites (N-methyl/N-ethyl adjacent to an activating group) is 1. The first kappa shape index (κ1) is 19.7. The van der Waals surface area contributed by atoms with Crippen LogP contribution in [0.3, 0.4) is 0 Å². The van der Waals surface area contributed by atoms with Gasteiger partial charge in [-0.05, 0) is 43.1 Å². The van der Waals surface area contributed by atoms with E-state index in [-0.39, 0.29) is 24.9 Å². The lowest BCUT2D eigenvalue weighted by atomic mass is 9.76. The molecule has 0 radical (unpaired) electrons. The van der Waals surface area contributed by atoms with E-state index in [1.165, 1.54) is 11.1 Å². The van der Waals surface area contributed by atoms with Gasteiger partial charge in [0.05, 0.1) is 24.9 Å². The maximum atomic E-state index is 9.30. The van der Waals surface area contributed by atoms with Crippen molar-refractivity contribution in [3.8, 4) is 0 Å². The molecule has 0 saturated carbocycles. The van der Waals surface area contributed by atoms with Crippen LogP contribution in [-0.4, -0.2) is 42.4 Å². The smallest absolute Gasteiger partial charge is 0.0900 e. The first-order valence-electron chi connectivity index (χ1n) is 10.3. The standard InChI is InChI=1S/C23H29ClN2O2/c1-2-26(12-13-27)15-18-9-10-19-22(16-6-4-3-5-7-16)25-21-11-8-17(24)14-20(21)23(19)28-18/h3-8,11,14,18-19,22-23,25,27H,2,9-10,12-13,15H2,1H3/t18-,19+,22+,23+/m1/s1. The Bertz CT molecular complexity index is 785. The molecule has 0 bridgehead atoms. The summed E-state index contributed by atoms with van der Waals surface area (Å²) < 4.78 is 6.68. The van der Waals surface area contributed by atoms with Crippen LogP contribution in [0.1, 0.15) is 43.0 Å². The summed E-state index contributed by atoms with van der Waals surface area (Å²) in [4.78, 5) is 2.26. The summed E-state index contributed by atoms with van der Waals surface area (Å²) >= 11 is 6.33. The fourth-order valence-corrected chi connectivity index (χ4v) is 4.84. The number of hydrogen-bond donors (Lipinski definition) is 2. The Balaban J connectivity index is 1.62. The Hall–Kier alpha value is -1.59. The Labute approximate surface area is 172 Å². The van der Waals surface area contributed by atoms with Crippen LogP contribution in [0.5, 0.6) is 0 Å². The van der Waals surface area contributed by atoms with Gasteiger partial charge in [0.1, 0.15) is 0 Å². The van der Waals surface area contributed by atoms with Crippen LogP contribution in [0.4, 0.5) is 5.69 Å². The fraction of sp³-hybridized carbons (Fsp3) is 0.478. The summed E-state index contributed by atoms with van der Waals surface area (Å²) in [6.07, 6.45) is 2.34. The van der Waals surface area contributed by atoms with Crippen molar-refractivity contribution in [2.75, 3.05) is 31.6 Å². The molecule has 2 aliphatic rings. The third-order valence-corrected chi connectivity index (χ3v) is 6.33. The molecule has 150 valence electrons. The van der Waals surface area contributed by atoms with Gasteiger partial charge in [0.2, 0.25) is 0 Å². The van der Waals surface area contributed by atoms with Crippen LogP contribution in [0.15, 0.2) is 48.5 Å². The molecule has 4 atom stereocenters. The molecule has 2 aromatic rings. The average Bonchev–Trinajstić information content (AvgIpc) is 2.73. The maximum Gasteiger partial charge on any atom is 0.0900 e. The Morgan fingerprint density at radius 2 is 2.00 bits per heavy atom. The highest BCUT2D eigenvalue weighted by atomic mass is 35.5. The van der Waals surface area contributed by atoms with Crippen molar-refractivity contribution in [1.29, 1.82) is 0 Å². The van der Waals surface area contributed by atoms with E-state index in [4.69, 9.17) is 16.3 Å². The van der Waals surface area contributed by atoms with E-state index in [0.29, 0.717) is 12.5 Å². The summed E-state index contributed by atoms with van der Waals surface area (Å²) in [6, 6.07) is 17.0. The van der Waals surface area contributed by atoms with Gasteiger partial charge in [-0.25, -0.2) is 0 Å². The summed E-state index contributed by atoms with van der Waals surface area (Å²) in [5, 5.41) is 13.8. The van der Waals surface area contributed by atoms with Crippen LogP contribution in [0.25, 0.3) is 0 Å². The molecule has 4 rings (SSSR count). The molecule has 2 aliphatic heterocycles. The second-order valence-electron chi connectivity index (χ2n) is 7.80. The Morgan fingerprint density at radius 1 is 1.18 bits per heavy atom. The highest BCUT2D eigenvalue weighted by Crippen LogP contribution is 2.50. The number of benzene rings is 2. The fourth-order valence-electron chi connectivity index (χ4n) is 4.66. The van der Waals surface area contributed by atoms with Gasteiger partial charge < -0.3 is 15.2 Å². The highest BCUT2D eigenvalue weighted by Gasteiger charge is 2.42. The van der Waals surface area contributed by atoms with Crippen LogP contribution in [0, 0.1) is 5.92 Å². The maximum absolute atomic E-state index is 9.30. The number of aliphatic hydroxyl groups is 1. The molecule has 0 spiro atoms. The second kappa shape index (κ2) is 8.83. The zero-order valence-corrected chi connectivity index (χ0v) is 17.1. The first-order valence-corrected chi connectivity index (χ1v) is 10.7. The Kier molecular flexibility index (Phi) is 6.22.